The predicted octanol–water partition coefficient (Wildman–Crippen LogP) is 4.18. The van der Waals surface area contributed by atoms with E-state index in [2.05, 4.69) is 31.0 Å². The van der Waals surface area contributed by atoms with Crippen molar-refractivity contribution >= 4 is 18.3 Å². The van der Waals surface area contributed by atoms with E-state index in [1.54, 1.807) is 0 Å². The fraction of sp³-hybridized carbons (Fsp3) is 0.467. The fourth-order valence-corrected chi connectivity index (χ4v) is 3.44. The van der Waals surface area contributed by atoms with Gasteiger partial charge in [-0.25, -0.2) is 4.39 Å². The molecule has 0 atom stereocenters. The van der Waals surface area contributed by atoms with Gasteiger partial charge in [0, 0.05) is 16.6 Å². The number of nitrogens with zero attached hydrogens (tertiary/aromatic N) is 1. The number of hydrogen-bond donors (Lipinski definition) is 1. The Morgan fingerprint density at radius 2 is 2.06 bits per heavy atom. The molecule has 0 spiro atoms. The Hall–Kier alpha value is -0.960. The van der Waals surface area contributed by atoms with Gasteiger partial charge in [-0.1, -0.05) is 13.5 Å². The summed E-state index contributed by atoms with van der Waals surface area (Å²) in [6.07, 6.45) is 4.08. The minimum atomic E-state index is -0.155. The highest BCUT2D eigenvalue weighted by Crippen LogP contribution is 2.43. The van der Waals surface area contributed by atoms with Crippen LogP contribution in [-0.4, -0.2) is 6.04 Å². The van der Waals surface area contributed by atoms with Crippen molar-refractivity contribution in [2.75, 3.05) is 4.90 Å². The molecule has 0 aromatic heterocycles. The van der Waals surface area contributed by atoms with Crippen LogP contribution in [0.5, 0.6) is 0 Å². The molecule has 3 heteroatoms. The zero-order valence-electron chi connectivity index (χ0n) is 10.6. The third kappa shape index (κ3) is 1.85. The molecule has 0 saturated heterocycles. The van der Waals surface area contributed by atoms with Gasteiger partial charge in [-0.2, -0.15) is 0 Å². The molecule has 2 aliphatic rings. The summed E-state index contributed by atoms with van der Waals surface area (Å²) in [7, 11) is 0. The average molecular weight is 263 g/mol. The number of halogens is 1. The summed E-state index contributed by atoms with van der Waals surface area (Å²) in [5.41, 5.74) is 2.89. The van der Waals surface area contributed by atoms with Gasteiger partial charge >= 0.3 is 0 Å². The lowest BCUT2D eigenvalue weighted by Crippen LogP contribution is -2.45. The molecule has 3 rings (SSSR count). The normalized spacial score (nSPS) is 26.8. The maximum absolute atomic E-state index is 14.2. The highest BCUT2D eigenvalue weighted by atomic mass is 32.1. The number of aryl methyl sites for hydroxylation is 1. The lowest BCUT2D eigenvalue weighted by Gasteiger charge is -2.46. The van der Waals surface area contributed by atoms with Crippen LogP contribution in [0.2, 0.25) is 0 Å². The number of benzene rings is 1. The van der Waals surface area contributed by atoms with E-state index in [-0.39, 0.29) is 5.82 Å². The lowest BCUT2D eigenvalue weighted by atomic mass is 9.79. The molecule has 1 nitrogen and oxygen atoms in total. The van der Waals surface area contributed by atoms with E-state index in [1.165, 1.54) is 6.07 Å². The summed E-state index contributed by atoms with van der Waals surface area (Å²) in [6.45, 7) is 6.37. The number of hydrogen-bond acceptors (Lipinski definition) is 2. The lowest BCUT2D eigenvalue weighted by molar-refractivity contribution is 0.278. The first-order valence-electron chi connectivity index (χ1n) is 6.54. The summed E-state index contributed by atoms with van der Waals surface area (Å²) in [5.74, 6) is 0.596. The molecule has 0 unspecified atom stereocenters. The number of anilines is 1. The second kappa shape index (κ2) is 4.30. The Labute approximate surface area is 113 Å². The van der Waals surface area contributed by atoms with Gasteiger partial charge in [0.15, 0.2) is 0 Å². The minimum Gasteiger partial charge on any atom is -0.340 e. The number of fused-ring (bicyclic) bond motifs is 1. The third-order valence-electron chi connectivity index (χ3n) is 4.11. The Kier molecular flexibility index (Phi) is 2.89. The first kappa shape index (κ1) is 12.1. The standard InChI is InChI=1S/C15H18FNS/c1-9-5-12(6-9)17-10(2)3-4-11-7-13(18)8-14(16)15(11)17/h7-9,12,18H,2-6H2,1H3. The van der Waals surface area contributed by atoms with Gasteiger partial charge in [-0.15, -0.1) is 12.6 Å². The van der Waals surface area contributed by atoms with Gasteiger partial charge in [-0.3, -0.25) is 0 Å². The van der Waals surface area contributed by atoms with Crippen LogP contribution in [0, 0.1) is 11.7 Å². The van der Waals surface area contributed by atoms with E-state index >= 15 is 0 Å². The topological polar surface area (TPSA) is 3.24 Å². The predicted molar refractivity (Wildman–Crippen MR) is 75.8 cm³/mol. The molecule has 0 N–H and O–H groups in total. The van der Waals surface area contributed by atoms with E-state index in [9.17, 15) is 4.39 Å². The van der Waals surface area contributed by atoms with Crippen LogP contribution in [0.4, 0.5) is 10.1 Å². The maximum Gasteiger partial charge on any atom is 0.148 e. The monoisotopic (exact) mass is 263 g/mol. The minimum absolute atomic E-state index is 0.155. The highest BCUT2D eigenvalue weighted by molar-refractivity contribution is 7.80. The molecule has 1 fully saturated rings. The Balaban J connectivity index is 2.03. The summed E-state index contributed by atoms with van der Waals surface area (Å²) in [6, 6.07) is 3.94. The SMILES string of the molecule is C=C1CCc2cc(S)cc(F)c2N1C1CC(C)C1. The highest BCUT2D eigenvalue weighted by Gasteiger charge is 2.36. The molecule has 1 heterocycles. The average Bonchev–Trinajstić information content (AvgIpc) is 2.26. The largest absolute Gasteiger partial charge is 0.340 e. The Morgan fingerprint density at radius 3 is 2.72 bits per heavy atom. The molecule has 1 aliphatic carbocycles. The molecule has 1 aromatic carbocycles. The van der Waals surface area contributed by atoms with Crippen LogP contribution < -0.4 is 4.90 Å². The van der Waals surface area contributed by atoms with Gasteiger partial charge in [0.2, 0.25) is 0 Å². The van der Waals surface area contributed by atoms with E-state index in [4.69, 9.17) is 0 Å². The molecule has 0 bridgehead atoms. The smallest absolute Gasteiger partial charge is 0.148 e. The zero-order chi connectivity index (χ0) is 12.9. The van der Waals surface area contributed by atoms with Gasteiger partial charge in [0.25, 0.3) is 0 Å². The summed E-state index contributed by atoms with van der Waals surface area (Å²) >= 11 is 4.26. The van der Waals surface area contributed by atoms with Gasteiger partial charge in [0.05, 0.1) is 5.69 Å². The second-order valence-electron chi connectivity index (χ2n) is 5.60. The van der Waals surface area contributed by atoms with E-state index in [0.29, 0.717) is 10.9 Å². The van der Waals surface area contributed by atoms with Crippen LogP contribution >= 0.6 is 12.6 Å². The molecule has 1 aromatic rings. The van der Waals surface area contributed by atoms with E-state index < -0.39 is 0 Å². The van der Waals surface area contributed by atoms with Crippen molar-refractivity contribution in [3.63, 3.8) is 0 Å². The maximum atomic E-state index is 14.2. The molecule has 1 aliphatic heterocycles. The second-order valence-corrected chi connectivity index (χ2v) is 6.12. The van der Waals surface area contributed by atoms with Crippen molar-refractivity contribution < 1.29 is 4.39 Å². The van der Waals surface area contributed by atoms with E-state index in [1.807, 2.05) is 6.07 Å². The van der Waals surface area contributed by atoms with Gasteiger partial charge < -0.3 is 4.90 Å². The quantitative estimate of drug-likeness (QED) is 0.744. The molecule has 1 saturated carbocycles. The van der Waals surface area contributed by atoms with Crippen LogP contribution in [0.3, 0.4) is 0 Å². The van der Waals surface area contributed by atoms with Crippen molar-refractivity contribution in [1.29, 1.82) is 0 Å². The van der Waals surface area contributed by atoms with Crippen LogP contribution in [0.25, 0.3) is 0 Å². The van der Waals surface area contributed by atoms with Crippen molar-refractivity contribution in [3.8, 4) is 0 Å². The van der Waals surface area contributed by atoms with Gasteiger partial charge in [0.1, 0.15) is 5.82 Å². The van der Waals surface area contributed by atoms with Crippen LogP contribution in [0.15, 0.2) is 29.3 Å². The molecule has 18 heavy (non-hydrogen) atoms. The summed E-state index contributed by atoms with van der Waals surface area (Å²) in [4.78, 5) is 2.85. The molecule has 0 amide bonds. The molecular weight excluding hydrogens is 245 g/mol. The first-order valence-corrected chi connectivity index (χ1v) is 6.99. The Morgan fingerprint density at radius 1 is 1.33 bits per heavy atom. The van der Waals surface area contributed by atoms with Crippen molar-refractivity contribution in [3.05, 3.63) is 35.8 Å². The summed E-state index contributed by atoms with van der Waals surface area (Å²) < 4.78 is 14.2. The third-order valence-corrected chi connectivity index (χ3v) is 4.36. The van der Waals surface area contributed by atoms with Crippen molar-refractivity contribution in [1.82, 2.24) is 0 Å². The molecular formula is C15H18FNS. The Bertz CT molecular complexity index is 505. The summed E-state index contributed by atoms with van der Waals surface area (Å²) in [5, 5.41) is 0. The molecule has 96 valence electrons. The van der Waals surface area contributed by atoms with Crippen LogP contribution in [0.1, 0.15) is 31.7 Å². The van der Waals surface area contributed by atoms with E-state index in [0.717, 1.165) is 48.5 Å². The van der Waals surface area contributed by atoms with Crippen molar-refractivity contribution in [2.24, 2.45) is 5.92 Å². The van der Waals surface area contributed by atoms with Crippen LogP contribution in [-0.2, 0) is 6.42 Å². The first-order chi connectivity index (χ1) is 8.56. The van der Waals surface area contributed by atoms with Gasteiger partial charge in [-0.05, 0) is 49.3 Å². The zero-order valence-corrected chi connectivity index (χ0v) is 11.5. The van der Waals surface area contributed by atoms with Crippen molar-refractivity contribution in [2.45, 2.75) is 43.5 Å². The number of allylic oxidation sites excluding steroid dienone is 1. The number of rotatable bonds is 1. The fourth-order valence-electron chi connectivity index (χ4n) is 3.17. The number of thiol groups is 1. The molecule has 0 radical (unpaired) electrons.